The SMILES string of the molecule is CN(C(=O)CNc1ccccc1OC(F)F)c1ccccc1. The molecule has 0 fully saturated rings. The van der Waals surface area contributed by atoms with Gasteiger partial charge in [0, 0.05) is 12.7 Å². The Labute approximate surface area is 127 Å². The van der Waals surface area contributed by atoms with Crippen LogP contribution in [0.15, 0.2) is 54.6 Å². The highest BCUT2D eigenvalue weighted by Gasteiger charge is 2.13. The number of nitrogens with one attached hydrogen (secondary N) is 1. The summed E-state index contributed by atoms with van der Waals surface area (Å²) in [7, 11) is 1.65. The maximum absolute atomic E-state index is 12.3. The number of para-hydroxylation sites is 3. The molecule has 0 atom stereocenters. The van der Waals surface area contributed by atoms with Crippen molar-refractivity contribution < 1.29 is 18.3 Å². The molecule has 0 saturated carbocycles. The van der Waals surface area contributed by atoms with Crippen molar-refractivity contribution in [3.05, 3.63) is 54.6 Å². The van der Waals surface area contributed by atoms with Crippen LogP contribution in [0.2, 0.25) is 0 Å². The average molecular weight is 306 g/mol. The monoisotopic (exact) mass is 306 g/mol. The quantitative estimate of drug-likeness (QED) is 0.889. The summed E-state index contributed by atoms with van der Waals surface area (Å²) in [5.41, 5.74) is 1.10. The van der Waals surface area contributed by atoms with Crippen LogP contribution in [0.4, 0.5) is 20.2 Å². The Bertz CT molecular complexity index is 621. The maximum atomic E-state index is 12.3. The lowest BCUT2D eigenvalue weighted by atomic mass is 10.2. The lowest BCUT2D eigenvalue weighted by Gasteiger charge is -2.18. The summed E-state index contributed by atoms with van der Waals surface area (Å²) in [6.07, 6.45) is 0. The Morgan fingerprint density at radius 3 is 2.45 bits per heavy atom. The molecule has 1 N–H and O–H groups in total. The maximum Gasteiger partial charge on any atom is 0.387 e. The predicted molar refractivity (Wildman–Crippen MR) is 81.4 cm³/mol. The van der Waals surface area contributed by atoms with Crippen molar-refractivity contribution in [3.63, 3.8) is 0 Å². The molecule has 4 nitrogen and oxygen atoms in total. The molecular weight excluding hydrogens is 290 g/mol. The zero-order valence-corrected chi connectivity index (χ0v) is 12.0. The van der Waals surface area contributed by atoms with Gasteiger partial charge in [0.1, 0.15) is 5.75 Å². The van der Waals surface area contributed by atoms with Crippen LogP contribution in [0, 0.1) is 0 Å². The highest BCUT2D eigenvalue weighted by Crippen LogP contribution is 2.25. The second-order valence-corrected chi connectivity index (χ2v) is 4.52. The van der Waals surface area contributed by atoms with E-state index in [-0.39, 0.29) is 18.2 Å². The molecular formula is C16H16F2N2O2. The molecule has 2 rings (SSSR count). The number of likely N-dealkylation sites (N-methyl/N-ethyl adjacent to an activating group) is 1. The van der Waals surface area contributed by atoms with Gasteiger partial charge in [0.15, 0.2) is 0 Å². The van der Waals surface area contributed by atoms with Gasteiger partial charge in [0.05, 0.1) is 12.2 Å². The van der Waals surface area contributed by atoms with Crippen molar-refractivity contribution in [1.82, 2.24) is 0 Å². The highest BCUT2D eigenvalue weighted by molar-refractivity contribution is 5.95. The number of carbonyl (C=O) groups is 1. The summed E-state index contributed by atoms with van der Waals surface area (Å²) in [5.74, 6) is -0.189. The first-order valence-electron chi connectivity index (χ1n) is 6.67. The van der Waals surface area contributed by atoms with Crippen molar-refractivity contribution in [1.29, 1.82) is 0 Å². The van der Waals surface area contributed by atoms with Gasteiger partial charge in [0.25, 0.3) is 0 Å². The van der Waals surface area contributed by atoms with Crippen molar-refractivity contribution in [2.24, 2.45) is 0 Å². The summed E-state index contributed by atoms with van der Waals surface area (Å²) < 4.78 is 29.0. The molecule has 1 amide bonds. The summed E-state index contributed by atoms with van der Waals surface area (Å²) in [4.78, 5) is 13.6. The zero-order valence-electron chi connectivity index (χ0n) is 12.0. The van der Waals surface area contributed by atoms with E-state index in [4.69, 9.17) is 0 Å². The van der Waals surface area contributed by atoms with Gasteiger partial charge < -0.3 is 15.0 Å². The van der Waals surface area contributed by atoms with Crippen LogP contribution in [0.25, 0.3) is 0 Å². The first-order valence-corrected chi connectivity index (χ1v) is 6.67. The van der Waals surface area contributed by atoms with Gasteiger partial charge in [-0.05, 0) is 24.3 Å². The van der Waals surface area contributed by atoms with Gasteiger partial charge in [-0.2, -0.15) is 8.78 Å². The number of anilines is 2. The van der Waals surface area contributed by atoms with Crippen LogP contribution >= 0.6 is 0 Å². The van der Waals surface area contributed by atoms with Gasteiger partial charge in [-0.3, -0.25) is 4.79 Å². The first-order chi connectivity index (χ1) is 10.6. The lowest BCUT2D eigenvalue weighted by molar-refractivity contribution is -0.116. The predicted octanol–water partition coefficient (Wildman–Crippen LogP) is 3.36. The van der Waals surface area contributed by atoms with E-state index >= 15 is 0 Å². The second kappa shape index (κ2) is 7.40. The third kappa shape index (κ3) is 4.18. The fourth-order valence-electron chi connectivity index (χ4n) is 1.90. The number of halogens is 2. The van der Waals surface area contributed by atoms with Crippen LogP contribution in [0.1, 0.15) is 0 Å². The third-order valence-electron chi connectivity index (χ3n) is 3.05. The smallest absolute Gasteiger partial charge is 0.387 e. The van der Waals surface area contributed by atoms with Crippen molar-refractivity contribution in [2.45, 2.75) is 6.61 Å². The molecule has 0 aliphatic rings. The molecule has 0 radical (unpaired) electrons. The molecule has 0 unspecified atom stereocenters. The van der Waals surface area contributed by atoms with Gasteiger partial charge in [0.2, 0.25) is 5.91 Å². The van der Waals surface area contributed by atoms with Gasteiger partial charge in [-0.1, -0.05) is 30.3 Å². The summed E-state index contributed by atoms with van der Waals surface area (Å²) >= 11 is 0. The van der Waals surface area contributed by atoms with E-state index in [1.54, 1.807) is 25.2 Å². The summed E-state index contributed by atoms with van der Waals surface area (Å²) in [5, 5.41) is 2.82. The molecule has 22 heavy (non-hydrogen) atoms. The topological polar surface area (TPSA) is 41.6 Å². The Kier molecular flexibility index (Phi) is 5.30. The molecule has 0 saturated heterocycles. The lowest BCUT2D eigenvalue weighted by Crippen LogP contribution is -2.32. The Balaban J connectivity index is 1.99. The highest BCUT2D eigenvalue weighted by atomic mass is 19.3. The fourth-order valence-corrected chi connectivity index (χ4v) is 1.90. The molecule has 0 heterocycles. The van der Waals surface area contributed by atoms with Gasteiger partial charge in [-0.25, -0.2) is 0 Å². The van der Waals surface area contributed by atoms with Crippen LogP contribution < -0.4 is 15.0 Å². The van der Waals surface area contributed by atoms with E-state index in [0.717, 1.165) is 5.69 Å². The zero-order chi connectivity index (χ0) is 15.9. The number of alkyl halides is 2. The van der Waals surface area contributed by atoms with Gasteiger partial charge >= 0.3 is 6.61 Å². The van der Waals surface area contributed by atoms with E-state index in [1.807, 2.05) is 30.3 Å². The average Bonchev–Trinajstić information content (AvgIpc) is 2.53. The Hall–Kier alpha value is -2.63. The van der Waals surface area contributed by atoms with E-state index < -0.39 is 6.61 Å². The first kappa shape index (κ1) is 15.8. The number of hydrogen-bond donors (Lipinski definition) is 1. The Morgan fingerprint density at radius 2 is 1.77 bits per heavy atom. The number of ether oxygens (including phenoxy) is 1. The number of rotatable bonds is 6. The minimum Gasteiger partial charge on any atom is -0.433 e. The van der Waals surface area contributed by atoms with E-state index in [1.165, 1.54) is 11.0 Å². The minimum absolute atomic E-state index is 0.00710. The summed E-state index contributed by atoms with van der Waals surface area (Å²) in [6, 6.07) is 15.4. The number of hydrogen-bond acceptors (Lipinski definition) is 3. The van der Waals surface area contributed by atoms with Crippen molar-refractivity contribution in [3.8, 4) is 5.75 Å². The van der Waals surface area contributed by atoms with Crippen molar-refractivity contribution >= 4 is 17.3 Å². The van der Waals surface area contributed by atoms with Crippen LogP contribution in [0.3, 0.4) is 0 Å². The molecule has 0 spiro atoms. The number of amides is 1. The summed E-state index contributed by atoms with van der Waals surface area (Å²) in [6.45, 7) is -2.94. The van der Waals surface area contributed by atoms with Crippen LogP contribution in [0.5, 0.6) is 5.75 Å². The molecule has 0 aliphatic carbocycles. The van der Waals surface area contributed by atoms with Crippen LogP contribution in [-0.4, -0.2) is 26.1 Å². The fraction of sp³-hybridized carbons (Fsp3) is 0.188. The molecule has 2 aromatic rings. The number of nitrogens with zero attached hydrogens (tertiary/aromatic N) is 1. The second-order valence-electron chi connectivity index (χ2n) is 4.52. The molecule has 116 valence electrons. The standard InChI is InChI=1S/C16H16F2N2O2/c1-20(12-7-3-2-4-8-12)15(21)11-19-13-9-5-6-10-14(13)22-16(17)18/h2-10,16,19H,11H2,1H3. The normalized spacial score (nSPS) is 10.4. The molecule has 0 bridgehead atoms. The molecule has 6 heteroatoms. The number of benzene rings is 2. The van der Waals surface area contributed by atoms with E-state index in [2.05, 4.69) is 10.1 Å². The minimum atomic E-state index is -2.91. The largest absolute Gasteiger partial charge is 0.433 e. The van der Waals surface area contributed by atoms with Gasteiger partial charge in [-0.15, -0.1) is 0 Å². The van der Waals surface area contributed by atoms with E-state index in [9.17, 15) is 13.6 Å². The molecule has 0 aromatic heterocycles. The van der Waals surface area contributed by atoms with E-state index in [0.29, 0.717) is 5.69 Å². The number of carbonyl (C=O) groups excluding carboxylic acids is 1. The Morgan fingerprint density at radius 1 is 1.14 bits per heavy atom. The molecule has 0 aliphatic heterocycles. The van der Waals surface area contributed by atoms with Crippen molar-refractivity contribution in [2.75, 3.05) is 23.8 Å². The van der Waals surface area contributed by atoms with Crippen LogP contribution in [-0.2, 0) is 4.79 Å². The molecule has 2 aromatic carbocycles. The third-order valence-corrected chi connectivity index (χ3v) is 3.05.